The molecule has 0 atom stereocenters. The highest BCUT2D eigenvalue weighted by atomic mass is 35.5. The maximum absolute atomic E-state index is 13.4. The number of nitrogens with two attached hydrogens (primary N) is 1. The Balaban J connectivity index is 1.33. The summed E-state index contributed by atoms with van der Waals surface area (Å²) in [5, 5.41) is 3.71. The van der Waals surface area contributed by atoms with Crippen LogP contribution in [0.2, 0.25) is 5.02 Å². The number of fused-ring (bicyclic) bond motifs is 1. The molecule has 9 heteroatoms. The average molecular weight is 502 g/mol. The van der Waals surface area contributed by atoms with Crippen LogP contribution in [0.15, 0.2) is 73.2 Å². The Morgan fingerprint density at radius 1 is 1.03 bits per heavy atom. The summed E-state index contributed by atoms with van der Waals surface area (Å²) in [7, 11) is 0. The number of benzene rings is 2. The summed E-state index contributed by atoms with van der Waals surface area (Å²) >= 11 is 7.91. The molecule has 35 heavy (non-hydrogen) atoms. The highest BCUT2D eigenvalue weighted by Gasteiger charge is 2.10. The number of halogens is 2. The van der Waals surface area contributed by atoms with Gasteiger partial charge >= 0.3 is 0 Å². The molecule has 0 radical (unpaired) electrons. The summed E-state index contributed by atoms with van der Waals surface area (Å²) < 4.78 is 20.0. The van der Waals surface area contributed by atoms with Crippen LogP contribution in [0.5, 0.6) is 5.75 Å². The molecule has 0 saturated carbocycles. The minimum Gasteiger partial charge on any atom is -0.487 e. The molecule has 0 aliphatic rings. The summed E-state index contributed by atoms with van der Waals surface area (Å²) in [5.74, 6) is 7.51. The molecule has 3 N–H and O–H groups in total. The predicted octanol–water partition coefficient (Wildman–Crippen LogP) is 6.18. The number of rotatable bonds is 5. The molecule has 0 aliphatic heterocycles. The van der Waals surface area contributed by atoms with E-state index in [0.717, 1.165) is 31.9 Å². The summed E-state index contributed by atoms with van der Waals surface area (Å²) in [6.07, 6.45) is 3.13. The molecule has 3 heterocycles. The molecule has 0 amide bonds. The summed E-state index contributed by atoms with van der Waals surface area (Å²) in [6.45, 7) is 0.211. The number of hydrogen-bond donors (Lipinski definition) is 2. The van der Waals surface area contributed by atoms with E-state index in [1.54, 1.807) is 36.5 Å². The zero-order chi connectivity index (χ0) is 24.2. The van der Waals surface area contributed by atoms with Crippen molar-refractivity contribution in [3.63, 3.8) is 0 Å². The number of nitrogens with one attached hydrogen (secondary N) is 1. The molecular weight excluding hydrogens is 485 g/mol. The Morgan fingerprint density at radius 2 is 1.94 bits per heavy atom. The fraction of sp³-hybridized carbons (Fsp3) is 0.0385. The van der Waals surface area contributed by atoms with Gasteiger partial charge in [-0.2, -0.15) is 0 Å². The van der Waals surface area contributed by atoms with Gasteiger partial charge in [0.05, 0.1) is 20.1 Å². The molecule has 0 unspecified atom stereocenters. The number of nitrogens with zero attached hydrogens (tertiary/aromatic N) is 3. The summed E-state index contributed by atoms with van der Waals surface area (Å²) in [4.78, 5) is 13.6. The molecule has 0 saturated heterocycles. The van der Waals surface area contributed by atoms with E-state index in [1.807, 2.05) is 18.2 Å². The van der Waals surface area contributed by atoms with Crippen molar-refractivity contribution < 1.29 is 9.13 Å². The van der Waals surface area contributed by atoms with Crippen molar-refractivity contribution in [3.05, 3.63) is 100 Å². The first-order valence-corrected chi connectivity index (χ1v) is 11.6. The molecule has 0 bridgehead atoms. The number of nitrogen functional groups attached to an aromatic ring is 1. The second kappa shape index (κ2) is 9.97. The molecule has 0 spiro atoms. The van der Waals surface area contributed by atoms with E-state index in [9.17, 15) is 4.39 Å². The third-order valence-corrected chi connectivity index (χ3v) is 6.25. The molecule has 2 aromatic carbocycles. The van der Waals surface area contributed by atoms with Crippen LogP contribution in [0.4, 0.5) is 21.7 Å². The van der Waals surface area contributed by atoms with E-state index in [2.05, 4.69) is 32.1 Å². The van der Waals surface area contributed by atoms with Crippen molar-refractivity contribution in [2.75, 3.05) is 11.1 Å². The lowest BCUT2D eigenvalue weighted by Crippen LogP contribution is -1.98. The van der Waals surface area contributed by atoms with Crippen molar-refractivity contribution in [3.8, 4) is 17.6 Å². The highest BCUT2D eigenvalue weighted by molar-refractivity contribution is 7.20. The lowest BCUT2D eigenvalue weighted by molar-refractivity contribution is 0.306. The maximum atomic E-state index is 13.4. The fourth-order valence-corrected chi connectivity index (χ4v) is 4.38. The lowest BCUT2D eigenvalue weighted by atomic mass is 10.2. The molecule has 0 fully saturated rings. The van der Waals surface area contributed by atoms with Gasteiger partial charge in [-0.1, -0.05) is 35.6 Å². The highest BCUT2D eigenvalue weighted by Crippen LogP contribution is 2.33. The van der Waals surface area contributed by atoms with E-state index < -0.39 is 0 Å². The standard InChI is InChI=1S/C26H17ClFN5OS/c27-21-11-19(6-8-23(21)34-14-17-2-1-3-18(28)10-17)33-26-25-22(31-15-32-26)12-20(35-25)7-4-16-5-9-24(29)30-13-16/h1-3,5-6,8-13,15H,14H2,(H2,29,30)(H,31,32,33). The number of aromatic nitrogens is 3. The molecule has 5 rings (SSSR count). The first-order chi connectivity index (χ1) is 17.0. The summed E-state index contributed by atoms with van der Waals surface area (Å²) in [6, 6.07) is 17.0. The largest absolute Gasteiger partial charge is 0.487 e. The van der Waals surface area contributed by atoms with E-state index in [-0.39, 0.29) is 12.4 Å². The Bertz CT molecular complexity index is 1580. The third kappa shape index (κ3) is 5.49. The van der Waals surface area contributed by atoms with Crippen molar-refractivity contribution in [1.29, 1.82) is 0 Å². The first kappa shape index (κ1) is 22.6. The molecular formula is C26H17ClFN5OS. The van der Waals surface area contributed by atoms with Crippen LogP contribution in [-0.4, -0.2) is 15.0 Å². The zero-order valence-electron chi connectivity index (χ0n) is 18.1. The van der Waals surface area contributed by atoms with Crippen LogP contribution in [-0.2, 0) is 6.61 Å². The van der Waals surface area contributed by atoms with Crippen LogP contribution in [0.1, 0.15) is 16.0 Å². The van der Waals surface area contributed by atoms with Crippen LogP contribution in [0.25, 0.3) is 10.2 Å². The minimum atomic E-state index is -0.308. The number of anilines is 3. The second-order valence-electron chi connectivity index (χ2n) is 7.46. The lowest BCUT2D eigenvalue weighted by Gasteiger charge is -2.11. The smallest absolute Gasteiger partial charge is 0.151 e. The molecule has 172 valence electrons. The quantitative estimate of drug-likeness (QED) is 0.279. The van der Waals surface area contributed by atoms with Crippen LogP contribution in [0.3, 0.4) is 0 Å². The number of hydrogen-bond acceptors (Lipinski definition) is 7. The number of pyridine rings is 1. The zero-order valence-corrected chi connectivity index (χ0v) is 19.7. The van der Waals surface area contributed by atoms with Gasteiger partial charge in [0.1, 0.15) is 30.3 Å². The first-order valence-electron chi connectivity index (χ1n) is 10.5. The van der Waals surface area contributed by atoms with E-state index in [1.165, 1.54) is 29.8 Å². The van der Waals surface area contributed by atoms with Crippen LogP contribution in [0, 0.1) is 17.7 Å². The molecule has 3 aromatic heterocycles. The van der Waals surface area contributed by atoms with Gasteiger partial charge in [-0.15, -0.1) is 11.3 Å². The van der Waals surface area contributed by atoms with Crippen molar-refractivity contribution in [1.82, 2.24) is 15.0 Å². The van der Waals surface area contributed by atoms with E-state index >= 15 is 0 Å². The Hall–Kier alpha value is -4.19. The maximum Gasteiger partial charge on any atom is 0.151 e. The Labute approximate surface area is 209 Å². The van der Waals surface area contributed by atoms with Crippen molar-refractivity contribution >= 4 is 50.5 Å². The van der Waals surface area contributed by atoms with Gasteiger partial charge in [-0.25, -0.2) is 19.3 Å². The third-order valence-electron chi connectivity index (χ3n) is 4.91. The van der Waals surface area contributed by atoms with Gasteiger partial charge in [0.2, 0.25) is 0 Å². The van der Waals surface area contributed by atoms with Gasteiger partial charge in [0.15, 0.2) is 5.82 Å². The van der Waals surface area contributed by atoms with Crippen molar-refractivity contribution in [2.45, 2.75) is 6.61 Å². The SMILES string of the molecule is Nc1ccc(C#Cc2cc3ncnc(Nc4ccc(OCc5cccc(F)c5)c(Cl)c4)c3s2)cn1. The van der Waals surface area contributed by atoms with Gasteiger partial charge in [-0.3, -0.25) is 0 Å². The molecule has 6 nitrogen and oxygen atoms in total. The van der Waals surface area contributed by atoms with Gasteiger partial charge in [0, 0.05) is 17.4 Å². The van der Waals surface area contributed by atoms with E-state index in [4.69, 9.17) is 22.1 Å². The van der Waals surface area contributed by atoms with Crippen LogP contribution < -0.4 is 15.8 Å². The average Bonchev–Trinajstić information content (AvgIpc) is 3.28. The van der Waals surface area contributed by atoms with Gasteiger partial charge in [0.25, 0.3) is 0 Å². The second-order valence-corrected chi connectivity index (χ2v) is 8.92. The Kier molecular flexibility index (Phi) is 6.44. The number of ether oxygens (including phenoxy) is 1. The number of thiophene rings is 1. The van der Waals surface area contributed by atoms with Gasteiger partial charge in [-0.05, 0) is 54.1 Å². The van der Waals surface area contributed by atoms with E-state index in [0.29, 0.717) is 22.4 Å². The van der Waals surface area contributed by atoms with Crippen LogP contribution >= 0.6 is 22.9 Å². The molecule has 0 aliphatic carbocycles. The molecule has 5 aromatic rings. The fourth-order valence-electron chi connectivity index (χ4n) is 3.24. The Morgan fingerprint density at radius 3 is 2.74 bits per heavy atom. The van der Waals surface area contributed by atoms with Gasteiger partial charge < -0.3 is 15.8 Å². The van der Waals surface area contributed by atoms with Crippen molar-refractivity contribution in [2.24, 2.45) is 0 Å². The minimum absolute atomic E-state index is 0.211. The topological polar surface area (TPSA) is 86.0 Å². The monoisotopic (exact) mass is 501 g/mol. The summed E-state index contributed by atoms with van der Waals surface area (Å²) in [5.41, 5.74) is 8.63. The normalized spacial score (nSPS) is 10.6. The predicted molar refractivity (Wildman–Crippen MR) is 138 cm³/mol.